The van der Waals surface area contributed by atoms with Crippen molar-refractivity contribution >= 4 is 11.8 Å². The number of ether oxygens (including phenoxy) is 1. The summed E-state index contributed by atoms with van der Waals surface area (Å²) in [5, 5.41) is 3.02. The van der Waals surface area contributed by atoms with Gasteiger partial charge >= 0.3 is 0 Å². The molecule has 0 aliphatic rings. The molecule has 5 heteroatoms. The Morgan fingerprint density at radius 2 is 1.67 bits per heavy atom. The fourth-order valence-electron chi connectivity index (χ4n) is 3.30. The van der Waals surface area contributed by atoms with E-state index in [1.165, 1.54) is 0 Å². The van der Waals surface area contributed by atoms with Gasteiger partial charge in [-0.15, -0.1) is 0 Å². The Bertz CT molecular complexity index is 850. The first kappa shape index (κ1) is 23.5. The van der Waals surface area contributed by atoms with Gasteiger partial charge < -0.3 is 15.0 Å². The number of amides is 2. The number of hydrogen-bond donors (Lipinski definition) is 1. The van der Waals surface area contributed by atoms with Gasteiger partial charge in [0.25, 0.3) is 5.91 Å². The maximum atomic E-state index is 13.2. The Kier molecular flexibility index (Phi) is 8.90. The summed E-state index contributed by atoms with van der Waals surface area (Å²) in [5.74, 6) is 0.323. The summed E-state index contributed by atoms with van der Waals surface area (Å²) in [4.78, 5) is 27.7. The molecule has 30 heavy (non-hydrogen) atoms. The average molecular weight is 411 g/mol. The van der Waals surface area contributed by atoms with Crippen LogP contribution in [-0.4, -0.2) is 35.4 Å². The maximum Gasteiger partial charge on any atom is 0.261 e. The SMILES string of the molecule is CC[C@H](C)NC(=O)[C@H](CC)N(Cc1cccc(C)c1)C(=O)COc1cccc(C)c1. The lowest BCUT2D eigenvalue weighted by Crippen LogP contribution is -2.51. The monoisotopic (exact) mass is 410 g/mol. The molecule has 0 spiro atoms. The van der Waals surface area contributed by atoms with Crippen molar-refractivity contribution in [3.8, 4) is 5.75 Å². The van der Waals surface area contributed by atoms with Crippen LogP contribution in [-0.2, 0) is 16.1 Å². The molecule has 0 heterocycles. The average Bonchev–Trinajstić information content (AvgIpc) is 2.71. The molecule has 2 atom stereocenters. The maximum absolute atomic E-state index is 13.2. The molecule has 0 bridgehead atoms. The van der Waals surface area contributed by atoms with Gasteiger partial charge in [0.15, 0.2) is 6.61 Å². The molecular formula is C25H34N2O3. The summed E-state index contributed by atoms with van der Waals surface area (Å²) in [5.41, 5.74) is 3.18. The van der Waals surface area contributed by atoms with E-state index in [2.05, 4.69) is 5.32 Å². The molecule has 0 aliphatic carbocycles. The molecule has 0 aromatic heterocycles. The van der Waals surface area contributed by atoms with Crippen molar-refractivity contribution in [3.05, 3.63) is 65.2 Å². The molecule has 2 aromatic carbocycles. The Balaban J connectivity index is 2.21. The lowest BCUT2D eigenvalue weighted by atomic mass is 10.1. The minimum absolute atomic E-state index is 0.0611. The first-order chi connectivity index (χ1) is 14.3. The molecule has 1 N–H and O–H groups in total. The third-order valence-corrected chi connectivity index (χ3v) is 5.17. The fourth-order valence-corrected chi connectivity index (χ4v) is 3.30. The molecule has 2 rings (SSSR count). The molecule has 0 fully saturated rings. The van der Waals surface area contributed by atoms with Gasteiger partial charge in [0.05, 0.1) is 0 Å². The third-order valence-electron chi connectivity index (χ3n) is 5.17. The topological polar surface area (TPSA) is 58.6 Å². The van der Waals surface area contributed by atoms with Gasteiger partial charge in [-0.25, -0.2) is 0 Å². The third kappa shape index (κ3) is 6.90. The zero-order chi connectivity index (χ0) is 22.1. The Morgan fingerprint density at radius 1 is 1.00 bits per heavy atom. The van der Waals surface area contributed by atoms with Gasteiger partial charge in [0.1, 0.15) is 11.8 Å². The van der Waals surface area contributed by atoms with Crippen LogP contribution in [0, 0.1) is 13.8 Å². The predicted molar refractivity (Wildman–Crippen MR) is 120 cm³/mol. The number of benzene rings is 2. The van der Waals surface area contributed by atoms with Crippen molar-refractivity contribution in [1.82, 2.24) is 10.2 Å². The van der Waals surface area contributed by atoms with Gasteiger partial charge in [-0.3, -0.25) is 9.59 Å². The van der Waals surface area contributed by atoms with Crippen molar-refractivity contribution in [2.45, 2.75) is 66.1 Å². The van der Waals surface area contributed by atoms with Crippen molar-refractivity contribution in [1.29, 1.82) is 0 Å². The molecule has 0 aliphatic heterocycles. The Labute approximate surface area is 180 Å². The summed E-state index contributed by atoms with van der Waals surface area (Å²) in [6.07, 6.45) is 1.37. The summed E-state index contributed by atoms with van der Waals surface area (Å²) in [6.45, 7) is 10.2. The van der Waals surface area contributed by atoms with Crippen LogP contribution < -0.4 is 10.1 Å². The Hall–Kier alpha value is -2.82. The highest BCUT2D eigenvalue weighted by atomic mass is 16.5. The highest BCUT2D eigenvalue weighted by molar-refractivity contribution is 5.88. The van der Waals surface area contributed by atoms with Gasteiger partial charge in [0, 0.05) is 12.6 Å². The zero-order valence-electron chi connectivity index (χ0n) is 18.8. The van der Waals surface area contributed by atoms with E-state index in [1.54, 1.807) is 4.90 Å². The normalized spacial score (nSPS) is 12.7. The second-order valence-corrected chi connectivity index (χ2v) is 7.86. The number of carbonyl (C=O) groups excluding carboxylic acids is 2. The lowest BCUT2D eigenvalue weighted by molar-refractivity contribution is -0.143. The number of rotatable bonds is 10. The van der Waals surface area contributed by atoms with Crippen LogP contribution in [0.1, 0.15) is 50.3 Å². The molecule has 2 aromatic rings. The van der Waals surface area contributed by atoms with E-state index in [0.717, 1.165) is 23.1 Å². The van der Waals surface area contributed by atoms with Gasteiger partial charge in [0.2, 0.25) is 5.91 Å². The van der Waals surface area contributed by atoms with Crippen molar-refractivity contribution < 1.29 is 14.3 Å². The van der Waals surface area contributed by atoms with Gasteiger partial charge in [-0.05, 0) is 56.9 Å². The first-order valence-electron chi connectivity index (χ1n) is 10.7. The van der Waals surface area contributed by atoms with Gasteiger partial charge in [-0.2, -0.15) is 0 Å². The second kappa shape index (κ2) is 11.4. The van der Waals surface area contributed by atoms with Crippen molar-refractivity contribution in [3.63, 3.8) is 0 Å². The minimum atomic E-state index is -0.548. The van der Waals surface area contributed by atoms with Crippen LogP contribution in [0.25, 0.3) is 0 Å². The van der Waals surface area contributed by atoms with Gasteiger partial charge in [-0.1, -0.05) is 55.8 Å². The summed E-state index contributed by atoms with van der Waals surface area (Å²) in [7, 11) is 0. The van der Waals surface area contributed by atoms with Crippen molar-refractivity contribution in [2.24, 2.45) is 0 Å². The van der Waals surface area contributed by atoms with E-state index in [-0.39, 0.29) is 24.5 Å². The summed E-state index contributed by atoms with van der Waals surface area (Å²) in [6, 6.07) is 15.1. The van der Waals surface area contributed by atoms with Crippen LogP contribution in [0.2, 0.25) is 0 Å². The molecule has 0 saturated heterocycles. The highest BCUT2D eigenvalue weighted by Gasteiger charge is 2.29. The minimum Gasteiger partial charge on any atom is -0.484 e. The molecule has 0 radical (unpaired) electrons. The van der Waals surface area contributed by atoms with E-state index in [1.807, 2.05) is 83.1 Å². The molecule has 0 saturated carbocycles. The standard InChI is InChI=1S/C25H34N2O3/c1-6-20(5)26-25(29)23(7-2)27(16-21-12-8-10-18(3)14-21)24(28)17-30-22-13-9-11-19(4)15-22/h8-15,20,23H,6-7,16-17H2,1-5H3,(H,26,29)/t20-,23-/m0/s1. The molecule has 5 nitrogen and oxygen atoms in total. The van der Waals surface area contributed by atoms with Crippen LogP contribution >= 0.6 is 0 Å². The van der Waals surface area contributed by atoms with E-state index < -0.39 is 6.04 Å². The number of nitrogens with one attached hydrogen (secondary N) is 1. The van der Waals surface area contributed by atoms with Crippen LogP contribution in [0.5, 0.6) is 5.75 Å². The number of aryl methyl sites for hydroxylation is 2. The zero-order valence-corrected chi connectivity index (χ0v) is 18.8. The molecule has 162 valence electrons. The summed E-state index contributed by atoms with van der Waals surface area (Å²) >= 11 is 0. The molecular weight excluding hydrogens is 376 g/mol. The van der Waals surface area contributed by atoms with E-state index in [9.17, 15) is 9.59 Å². The van der Waals surface area contributed by atoms with Crippen LogP contribution in [0.4, 0.5) is 0 Å². The highest BCUT2D eigenvalue weighted by Crippen LogP contribution is 2.16. The quantitative estimate of drug-likeness (QED) is 0.631. The first-order valence-corrected chi connectivity index (χ1v) is 10.7. The van der Waals surface area contributed by atoms with Crippen LogP contribution in [0.15, 0.2) is 48.5 Å². The number of carbonyl (C=O) groups is 2. The number of hydrogen-bond acceptors (Lipinski definition) is 3. The van der Waals surface area contributed by atoms with E-state index in [4.69, 9.17) is 4.74 Å². The van der Waals surface area contributed by atoms with Crippen LogP contribution in [0.3, 0.4) is 0 Å². The molecule has 0 unspecified atom stereocenters. The predicted octanol–water partition coefficient (Wildman–Crippen LogP) is 4.40. The summed E-state index contributed by atoms with van der Waals surface area (Å²) < 4.78 is 5.74. The Morgan fingerprint density at radius 3 is 2.27 bits per heavy atom. The largest absolute Gasteiger partial charge is 0.484 e. The van der Waals surface area contributed by atoms with E-state index >= 15 is 0 Å². The number of nitrogens with zero attached hydrogens (tertiary/aromatic N) is 1. The lowest BCUT2D eigenvalue weighted by Gasteiger charge is -2.31. The van der Waals surface area contributed by atoms with Crippen molar-refractivity contribution in [2.75, 3.05) is 6.61 Å². The second-order valence-electron chi connectivity index (χ2n) is 7.86. The molecule has 2 amide bonds. The fraction of sp³-hybridized carbons (Fsp3) is 0.440. The smallest absolute Gasteiger partial charge is 0.261 e. The van der Waals surface area contributed by atoms with E-state index in [0.29, 0.717) is 18.7 Å².